The van der Waals surface area contributed by atoms with Crippen LogP contribution in [-0.2, 0) is 13.5 Å². The molecule has 5 nitrogen and oxygen atoms in total. The molecule has 1 fully saturated rings. The summed E-state index contributed by atoms with van der Waals surface area (Å²) in [5.74, 6) is 2.18. The SMILES string of the molecule is CN=C(NCC(C)Cc1cccs1)N1CCC(c2cnn(C)c2)C1.I. The highest BCUT2D eigenvalue weighted by Crippen LogP contribution is 2.26. The summed E-state index contributed by atoms with van der Waals surface area (Å²) in [5, 5.41) is 10.0. The van der Waals surface area contributed by atoms with Crippen molar-refractivity contribution in [1.29, 1.82) is 0 Å². The van der Waals surface area contributed by atoms with Crippen LogP contribution in [-0.4, -0.2) is 47.3 Å². The van der Waals surface area contributed by atoms with Crippen molar-refractivity contribution in [2.24, 2.45) is 18.0 Å². The molecule has 2 aromatic rings. The maximum atomic E-state index is 4.49. The number of aryl methyl sites for hydroxylation is 1. The fourth-order valence-electron chi connectivity index (χ4n) is 3.32. The Balaban J connectivity index is 0.00000225. The maximum Gasteiger partial charge on any atom is 0.193 e. The molecule has 1 N–H and O–H groups in total. The van der Waals surface area contributed by atoms with Gasteiger partial charge in [-0.25, -0.2) is 0 Å². The third-order valence-electron chi connectivity index (χ3n) is 4.63. The highest BCUT2D eigenvalue weighted by atomic mass is 127. The van der Waals surface area contributed by atoms with Gasteiger partial charge in [0.2, 0.25) is 0 Å². The van der Waals surface area contributed by atoms with Gasteiger partial charge in [0.05, 0.1) is 6.20 Å². The fourth-order valence-corrected chi connectivity index (χ4v) is 4.19. The van der Waals surface area contributed by atoms with Gasteiger partial charge in [0.25, 0.3) is 0 Å². The van der Waals surface area contributed by atoms with Gasteiger partial charge in [-0.05, 0) is 35.8 Å². The second-order valence-corrected chi connectivity index (χ2v) is 7.73. The highest BCUT2D eigenvalue weighted by molar-refractivity contribution is 14.0. The molecule has 138 valence electrons. The molecule has 0 saturated carbocycles. The lowest BCUT2D eigenvalue weighted by Crippen LogP contribution is -2.41. The number of halogens is 1. The van der Waals surface area contributed by atoms with Gasteiger partial charge < -0.3 is 10.2 Å². The zero-order valence-electron chi connectivity index (χ0n) is 15.2. The van der Waals surface area contributed by atoms with Gasteiger partial charge >= 0.3 is 0 Å². The van der Waals surface area contributed by atoms with Crippen LogP contribution in [0.5, 0.6) is 0 Å². The number of rotatable bonds is 5. The summed E-state index contributed by atoms with van der Waals surface area (Å²) in [4.78, 5) is 8.31. The van der Waals surface area contributed by atoms with E-state index in [9.17, 15) is 0 Å². The largest absolute Gasteiger partial charge is 0.356 e. The first-order valence-electron chi connectivity index (χ1n) is 8.62. The van der Waals surface area contributed by atoms with E-state index in [4.69, 9.17) is 0 Å². The molecule has 2 unspecified atom stereocenters. The topological polar surface area (TPSA) is 45.5 Å². The summed E-state index contributed by atoms with van der Waals surface area (Å²) in [6.45, 7) is 5.32. The van der Waals surface area contributed by atoms with Gasteiger partial charge in [0.15, 0.2) is 5.96 Å². The number of nitrogens with one attached hydrogen (secondary N) is 1. The smallest absolute Gasteiger partial charge is 0.193 e. The van der Waals surface area contributed by atoms with Gasteiger partial charge in [0, 0.05) is 50.7 Å². The summed E-state index contributed by atoms with van der Waals surface area (Å²) < 4.78 is 1.89. The van der Waals surface area contributed by atoms with Gasteiger partial charge in [-0.2, -0.15) is 5.10 Å². The first-order valence-corrected chi connectivity index (χ1v) is 9.50. The Hall–Kier alpha value is -1.09. The first-order chi connectivity index (χ1) is 11.7. The normalized spacial score (nSPS) is 18.9. The molecule has 25 heavy (non-hydrogen) atoms. The maximum absolute atomic E-state index is 4.49. The van der Waals surface area contributed by atoms with Crippen LogP contribution < -0.4 is 5.32 Å². The van der Waals surface area contributed by atoms with Crippen molar-refractivity contribution in [3.05, 3.63) is 40.3 Å². The second kappa shape index (κ2) is 9.56. The zero-order chi connectivity index (χ0) is 16.9. The molecule has 1 aliphatic rings. The van der Waals surface area contributed by atoms with Crippen molar-refractivity contribution in [3.8, 4) is 0 Å². The Kier molecular flexibility index (Phi) is 7.74. The first kappa shape index (κ1) is 20.2. The molecule has 3 rings (SSSR count). The molecular formula is C18H28IN5S. The standard InChI is InChI=1S/C18H27N5S.HI/c1-14(9-17-5-4-8-24-17)10-20-18(19-2)23-7-6-15(13-23)16-11-21-22(3)12-16;/h4-5,8,11-12,14-15H,6-7,9-10,13H2,1-3H3,(H,19,20);1H. The fraction of sp³-hybridized carbons (Fsp3) is 0.556. The third kappa shape index (κ3) is 5.44. The molecule has 2 atom stereocenters. The van der Waals surface area contributed by atoms with Crippen LogP contribution in [0.15, 0.2) is 34.9 Å². The van der Waals surface area contributed by atoms with Gasteiger partial charge in [-0.1, -0.05) is 13.0 Å². The number of aromatic nitrogens is 2. The monoisotopic (exact) mass is 473 g/mol. The Morgan fingerprint density at radius 1 is 1.52 bits per heavy atom. The van der Waals surface area contributed by atoms with Gasteiger partial charge in [-0.15, -0.1) is 35.3 Å². The lowest BCUT2D eigenvalue weighted by molar-refractivity contribution is 0.469. The van der Waals surface area contributed by atoms with Crippen LogP contribution in [0.2, 0.25) is 0 Å². The van der Waals surface area contributed by atoms with Crippen LogP contribution in [0.4, 0.5) is 0 Å². The van der Waals surface area contributed by atoms with Crippen molar-refractivity contribution in [2.75, 3.05) is 26.7 Å². The van der Waals surface area contributed by atoms with Crippen LogP contribution >= 0.6 is 35.3 Å². The van der Waals surface area contributed by atoms with E-state index in [0.29, 0.717) is 11.8 Å². The molecule has 3 heterocycles. The van der Waals surface area contributed by atoms with E-state index in [-0.39, 0.29) is 24.0 Å². The van der Waals surface area contributed by atoms with Crippen LogP contribution in [0.25, 0.3) is 0 Å². The molecule has 0 aliphatic carbocycles. The molecule has 7 heteroatoms. The minimum Gasteiger partial charge on any atom is -0.356 e. The summed E-state index contributed by atoms with van der Waals surface area (Å²) in [5.41, 5.74) is 1.33. The van der Waals surface area contributed by atoms with Gasteiger partial charge in [-0.3, -0.25) is 9.67 Å². The molecule has 2 aromatic heterocycles. The predicted molar refractivity (Wildman–Crippen MR) is 116 cm³/mol. The van der Waals surface area contributed by atoms with E-state index in [1.165, 1.54) is 10.4 Å². The van der Waals surface area contributed by atoms with Crippen molar-refractivity contribution in [2.45, 2.75) is 25.7 Å². The molecule has 1 saturated heterocycles. The number of hydrogen-bond acceptors (Lipinski definition) is 3. The minimum absolute atomic E-state index is 0. The average Bonchev–Trinajstić information content (AvgIpc) is 3.29. The number of aliphatic imine (C=N–C) groups is 1. The highest BCUT2D eigenvalue weighted by Gasteiger charge is 2.26. The van der Waals surface area contributed by atoms with E-state index in [1.807, 2.05) is 36.3 Å². The summed E-state index contributed by atoms with van der Waals surface area (Å²) >= 11 is 1.84. The number of thiophene rings is 1. The Morgan fingerprint density at radius 3 is 3.00 bits per heavy atom. The molecule has 1 aliphatic heterocycles. The molecule has 0 radical (unpaired) electrons. The Labute approximate surface area is 171 Å². The predicted octanol–water partition coefficient (Wildman–Crippen LogP) is 3.34. The van der Waals surface area contributed by atoms with Crippen LogP contribution in [0.1, 0.15) is 29.7 Å². The Bertz CT molecular complexity index is 667. The van der Waals surface area contributed by atoms with Gasteiger partial charge in [0.1, 0.15) is 0 Å². The molecule has 0 aromatic carbocycles. The van der Waals surface area contributed by atoms with Crippen LogP contribution in [0.3, 0.4) is 0 Å². The van der Waals surface area contributed by atoms with E-state index in [1.54, 1.807) is 0 Å². The average molecular weight is 473 g/mol. The molecule has 0 amide bonds. The van der Waals surface area contributed by atoms with Crippen molar-refractivity contribution in [3.63, 3.8) is 0 Å². The number of likely N-dealkylation sites (tertiary alicyclic amines) is 1. The minimum atomic E-state index is 0. The number of hydrogen-bond donors (Lipinski definition) is 1. The lowest BCUT2D eigenvalue weighted by Gasteiger charge is -2.23. The summed E-state index contributed by atoms with van der Waals surface area (Å²) in [7, 11) is 3.86. The molecule has 0 spiro atoms. The number of nitrogens with zero attached hydrogens (tertiary/aromatic N) is 4. The summed E-state index contributed by atoms with van der Waals surface area (Å²) in [6.07, 6.45) is 6.41. The number of guanidine groups is 1. The quantitative estimate of drug-likeness (QED) is 0.412. The van der Waals surface area contributed by atoms with E-state index in [2.05, 4.69) is 50.9 Å². The lowest BCUT2D eigenvalue weighted by atomic mass is 10.0. The molecule has 0 bridgehead atoms. The van der Waals surface area contributed by atoms with Crippen LogP contribution in [0, 0.1) is 5.92 Å². The van der Waals surface area contributed by atoms with E-state index < -0.39 is 0 Å². The summed E-state index contributed by atoms with van der Waals surface area (Å²) in [6, 6.07) is 4.34. The molecular weight excluding hydrogens is 445 g/mol. The van der Waals surface area contributed by atoms with E-state index >= 15 is 0 Å². The second-order valence-electron chi connectivity index (χ2n) is 6.70. The van der Waals surface area contributed by atoms with Crippen molar-refractivity contribution < 1.29 is 0 Å². The van der Waals surface area contributed by atoms with Crippen molar-refractivity contribution in [1.82, 2.24) is 20.0 Å². The zero-order valence-corrected chi connectivity index (χ0v) is 18.3. The third-order valence-corrected chi connectivity index (χ3v) is 5.53. The Morgan fingerprint density at radius 2 is 2.36 bits per heavy atom. The van der Waals surface area contributed by atoms with Crippen molar-refractivity contribution >= 4 is 41.3 Å². The van der Waals surface area contributed by atoms with E-state index in [0.717, 1.165) is 38.4 Å².